The zero-order chi connectivity index (χ0) is 12.4. The molecule has 96 valence electrons. The van der Waals surface area contributed by atoms with Gasteiger partial charge in [-0.05, 0) is 6.07 Å². The van der Waals surface area contributed by atoms with E-state index in [1.54, 1.807) is 0 Å². The minimum absolute atomic E-state index is 0. The molecule has 1 aliphatic heterocycles. The van der Waals surface area contributed by atoms with Crippen LogP contribution in [0.1, 0.15) is 5.76 Å². The molecular formula is C8H8N4O6. The summed E-state index contributed by atoms with van der Waals surface area (Å²) < 4.78 is 4.76. The number of nitro groups is 1. The fraction of sp³-hybridized carbons (Fsp3) is 0.125. The molecule has 1 saturated heterocycles. The number of nitrogens with one attached hydrogen (secondary N) is 1. The predicted molar refractivity (Wildman–Crippen MR) is 56.8 cm³/mol. The van der Waals surface area contributed by atoms with Crippen molar-refractivity contribution in [2.24, 2.45) is 5.10 Å². The second-order valence-corrected chi connectivity index (χ2v) is 3.04. The Morgan fingerprint density at radius 1 is 1.50 bits per heavy atom. The minimum Gasteiger partial charge on any atom is -0.412 e. The summed E-state index contributed by atoms with van der Waals surface area (Å²) in [6, 6.07) is 1.81. The first-order valence-electron chi connectivity index (χ1n) is 4.47. The average Bonchev–Trinajstić information content (AvgIpc) is 2.85. The Balaban J connectivity index is 0.00000162. The number of nitrogens with zero attached hydrogens (tertiary/aromatic N) is 3. The summed E-state index contributed by atoms with van der Waals surface area (Å²) in [4.78, 5) is 31.8. The molecule has 0 bridgehead atoms. The molecule has 0 aromatic carbocycles. The fourth-order valence-electron chi connectivity index (χ4n) is 1.16. The zero-order valence-corrected chi connectivity index (χ0v) is 8.82. The summed E-state index contributed by atoms with van der Waals surface area (Å²) >= 11 is 0. The number of carbonyl (C=O) groups excluding carboxylic acids is 2. The molecule has 0 spiro atoms. The minimum atomic E-state index is -0.703. The summed E-state index contributed by atoms with van der Waals surface area (Å²) in [5.41, 5.74) is 0. The normalized spacial score (nSPS) is 14.8. The van der Waals surface area contributed by atoms with Crippen LogP contribution in [0.5, 0.6) is 0 Å². The van der Waals surface area contributed by atoms with Crippen molar-refractivity contribution in [3.63, 3.8) is 0 Å². The van der Waals surface area contributed by atoms with Gasteiger partial charge in [-0.25, -0.2) is 4.79 Å². The Morgan fingerprint density at radius 3 is 2.72 bits per heavy atom. The highest BCUT2D eigenvalue weighted by Gasteiger charge is 2.28. The van der Waals surface area contributed by atoms with Gasteiger partial charge in [0.25, 0.3) is 5.91 Å². The number of imide groups is 1. The van der Waals surface area contributed by atoms with Crippen LogP contribution in [0.15, 0.2) is 21.7 Å². The van der Waals surface area contributed by atoms with E-state index in [1.165, 1.54) is 6.07 Å². The van der Waals surface area contributed by atoms with Gasteiger partial charge < -0.3 is 15.2 Å². The van der Waals surface area contributed by atoms with E-state index < -0.39 is 22.7 Å². The number of carbonyl (C=O) groups is 2. The predicted octanol–water partition coefficient (Wildman–Crippen LogP) is -0.751. The molecule has 0 aliphatic carbocycles. The van der Waals surface area contributed by atoms with E-state index in [-0.39, 0.29) is 17.8 Å². The summed E-state index contributed by atoms with van der Waals surface area (Å²) in [5.74, 6) is -0.875. The van der Waals surface area contributed by atoms with Crippen molar-refractivity contribution >= 4 is 24.0 Å². The molecule has 1 fully saturated rings. The third kappa shape index (κ3) is 2.49. The third-order valence-corrected chi connectivity index (χ3v) is 1.91. The topological polar surface area (TPSA) is 150 Å². The third-order valence-electron chi connectivity index (χ3n) is 1.91. The molecule has 18 heavy (non-hydrogen) atoms. The first-order chi connectivity index (χ1) is 8.08. The van der Waals surface area contributed by atoms with Crippen molar-refractivity contribution < 1.29 is 24.4 Å². The lowest BCUT2D eigenvalue weighted by molar-refractivity contribution is -0.402. The molecule has 0 saturated carbocycles. The van der Waals surface area contributed by atoms with Crippen molar-refractivity contribution in [3.05, 3.63) is 28.0 Å². The molecule has 0 atom stereocenters. The van der Waals surface area contributed by atoms with Crippen molar-refractivity contribution in [3.8, 4) is 0 Å². The highest BCUT2D eigenvalue weighted by atomic mass is 16.6. The van der Waals surface area contributed by atoms with E-state index in [1.807, 2.05) is 0 Å². The molecule has 1 aromatic heterocycles. The quantitative estimate of drug-likeness (QED) is 0.326. The van der Waals surface area contributed by atoms with Crippen LogP contribution in [0.25, 0.3) is 0 Å². The van der Waals surface area contributed by atoms with Crippen molar-refractivity contribution in [1.29, 1.82) is 0 Å². The lowest BCUT2D eigenvalue weighted by Gasteiger charge is -2.01. The summed E-state index contributed by atoms with van der Waals surface area (Å²) in [7, 11) is 0. The van der Waals surface area contributed by atoms with Gasteiger partial charge in [0.2, 0.25) is 0 Å². The monoisotopic (exact) mass is 256 g/mol. The SMILES string of the molecule is O.O=C1CNC(=O)N1N=Cc1ccc([N+](=O)[O-])o1. The zero-order valence-electron chi connectivity index (χ0n) is 8.82. The molecule has 0 radical (unpaired) electrons. The number of amides is 3. The van der Waals surface area contributed by atoms with Crippen molar-refractivity contribution in [1.82, 2.24) is 10.3 Å². The van der Waals surface area contributed by atoms with Gasteiger partial charge in [0, 0.05) is 0 Å². The maximum absolute atomic E-state index is 11.1. The van der Waals surface area contributed by atoms with Crippen molar-refractivity contribution in [2.45, 2.75) is 0 Å². The summed E-state index contributed by atoms with van der Waals surface area (Å²) in [6.07, 6.45) is 1.05. The Bertz CT molecular complexity index is 505. The number of hydrazone groups is 1. The van der Waals surface area contributed by atoms with Gasteiger partial charge in [-0.1, -0.05) is 0 Å². The van der Waals surface area contributed by atoms with Gasteiger partial charge >= 0.3 is 11.9 Å². The van der Waals surface area contributed by atoms with Crippen LogP contribution in [0.3, 0.4) is 0 Å². The van der Waals surface area contributed by atoms with Gasteiger partial charge in [-0.2, -0.15) is 5.10 Å². The lowest BCUT2D eigenvalue weighted by atomic mass is 10.5. The van der Waals surface area contributed by atoms with E-state index in [0.717, 1.165) is 12.3 Å². The molecule has 1 aliphatic rings. The van der Waals surface area contributed by atoms with Gasteiger partial charge in [-0.15, -0.1) is 5.01 Å². The number of urea groups is 1. The second kappa shape index (κ2) is 5.05. The first kappa shape index (κ1) is 13.3. The largest absolute Gasteiger partial charge is 0.433 e. The molecule has 2 heterocycles. The maximum Gasteiger partial charge on any atom is 0.433 e. The molecule has 10 heteroatoms. The second-order valence-electron chi connectivity index (χ2n) is 3.04. The van der Waals surface area contributed by atoms with E-state index in [4.69, 9.17) is 4.42 Å². The van der Waals surface area contributed by atoms with Crippen LogP contribution >= 0.6 is 0 Å². The van der Waals surface area contributed by atoms with E-state index in [9.17, 15) is 19.7 Å². The van der Waals surface area contributed by atoms with E-state index in [2.05, 4.69) is 10.4 Å². The van der Waals surface area contributed by atoms with Gasteiger partial charge in [0.05, 0.1) is 12.3 Å². The summed E-state index contributed by atoms with van der Waals surface area (Å²) in [6.45, 7) is -0.117. The van der Waals surface area contributed by atoms with Crippen LogP contribution in [0.2, 0.25) is 0 Å². The van der Waals surface area contributed by atoms with Gasteiger partial charge in [0.15, 0.2) is 5.76 Å². The van der Waals surface area contributed by atoms with Gasteiger partial charge in [0.1, 0.15) is 11.5 Å². The maximum atomic E-state index is 11.1. The lowest BCUT2D eigenvalue weighted by Crippen LogP contribution is -2.25. The fourth-order valence-corrected chi connectivity index (χ4v) is 1.16. The van der Waals surface area contributed by atoms with Crippen LogP contribution in [-0.2, 0) is 4.79 Å². The highest BCUT2D eigenvalue weighted by Crippen LogP contribution is 2.14. The Hall–Kier alpha value is -2.75. The van der Waals surface area contributed by atoms with Crippen LogP contribution < -0.4 is 5.32 Å². The molecule has 0 unspecified atom stereocenters. The Labute approximate surface area is 99.3 Å². The first-order valence-corrected chi connectivity index (χ1v) is 4.47. The number of hydrogen-bond donors (Lipinski definition) is 1. The molecular weight excluding hydrogens is 248 g/mol. The number of rotatable bonds is 3. The van der Waals surface area contributed by atoms with Crippen LogP contribution in [0, 0.1) is 10.1 Å². The highest BCUT2D eigenvalue weighted by molar-refractivity contribution is 6.02. The molecule has 3 amide bonds. The standard InChI is InChI=1S/C8H6N4O5.H2O/c13-6-4-9-8(14)11(6)10-3-5-1-2-7(17-5)12(15)16;/h1-3H,4H2,(H,9,14);1H2. The van der Waals surface area contributed by atoms with Crippen LogP contribution in [0.4, 0.5) is 10.7 Å². The molecule has 10 nitrogen and oxygen atoms in total. The molecule has 2 rings (SSSR count). The number of furan rings is 1. The van der Waals surface area contributed by atoms with Gasteiger partial charge in [-0.3, -0.25) is 14.9 Å². The van der Waals surface area contributed by atoms with E-state index >= 15 is 0 Å². The molecule has 3 N–H and O–H groups in total. The smallest absolute Gasteiger partial charge is 0.412 e. The molecule has 1 aromatic rings. The Morgan fingerprint density at radius 2 is 2.22 bits per heavy atom. The number of hydrogen-bond acceptors (Lipinski definition) is 6. The van der Waals surface area contributed by atoms with E-state index in [0.29, 0.717) is 5.01 Å². The van der Waals surface area contributed by atoms with Crippen molar-refractivity contribution in [2.75, 3.05) is 6.54 Å². The summed E-state index contributed by atoms with van der Waals surface area (Å²) in [5, 5.41) is 16.8. The van der Waals surface area contributed by atoms with Crippen LogP contribution in [-0.4, -0.2) is 40.1 Å². The Kier molecular flexibility index (Phi) is 3.74. The average molecular weight is 256 g/mol.